The van der Waals surface area contributed by atoms with Crippen molar-refractivity contribution in [2.24, 2.45) is 5.92 Å². The van der Waals surface area contributed by atoms with Crippen LogP contribution in [0, 0.1) is 19.8 Å². The van der Waals surface area contributed by atoms with E-state index in [0.29, 0.717) is 29.3 Å². The number of rotatable bonds is 5. The normalized spacial score (nSPS) is 11.2. The van der Waals surface area contributed by atoms with E-state index in [4.69, 9.17) is 5.11 Å². The number of nitrogens with one attached hydrogen (secondary N) is 1. The minimum absolute atomic E-state index is 0.0758. The van der Waals surface area contributed by atoms with Gasteiger partial charge in [0.25, 0.3) is 5.91 Å². The van der Waals surface area contributed by atoms with Gasteiger partial charge in [0.1, 0.15) is 5.69 Å². The standard InChI is InChI=1S/C15H24N2O3/c1-8(2)7-17(9(3)4)14(18)12-10(5)13(15(19)20)16-11(12)6/h8-9,16H,7H2,1-6H3,(H,19,20). The fraction of sp³-hybridized carbons (Fsp3) is 0.600. The Morgan fingerprint density at radius 2 is 1.75 bits per heavy atom. The van der Waals surface area contributed by atoms with Gasteiger partial charge in [-0.15, -0.1) is 0 Å². The van der Waals surface area contributed by atoms with Crippen molar-refractivity contribution in [3.63, 3.8) is 0 Å². The lowest BCUT2D eigenvalue weighted by Crippen LogP contribution is -2.40. The molecule has 112 valence electrons. The smallest absolute Gasteiger partial charge is 0.352 e. The summed E-state index contributed by atoms with van der Waals surface area (Å²) in [7, 11) is 0. The maximum absolute atomic E-state index is 12.7. The molecule has 0 aliphatic carbocycles. The summed E-state index contributed by atoms with van der Waals surface area (Å²) in [5.41, 5.74) is 1.70. The zero-order valence-corrected chi connectivity index (χ0v) is 13.1. The molecule has 0 unspecified atom stereocenters. The van der Waals surface area contributed by atoms with Gasteiger partial charge in [-0.3, -0.25) is 4.79 Å². The molecular formula is C15H24N2O3. The Kier molecular flexibility index (Phi) is 4.98. The van der Waals surface area contributed by atoms with Crippen LogP contribution in [0.1, 0.15) is 59.8 Å². The van der Waals surface area contributed by atoms with E-state index in [-0.39, 0.29) is 17.6 Å². The summed E-state index contributed by atoms with van der Waals surface area (Å²) in [5, 5.41) is 9.12. The highest BCUT2D eigenvalue weighted by atomic mass is 16.4. The number of carbonyl (C=O) groups excluding carboxylic acids is 1. The molecular weight excluding hydrogens is 256 g/mol. The molecule has 0 bridgehead atoms. The Labute approximate surface area is 120 Å². The molecule has 1 aromatic heterocycles. The molecule has 1 aromatic rings. The molecule has 5 heteroatoms. The third-order valence-corrected chi connectivity index (χ3v) is 3.31. The van der Waals surface area contributed by atoms with Crippen molar-refractivity contribution in [1.82, 2.24) is 9.88 Å². The summed E-state index contributed by atoms with van der Waals surface area (Å²) >= 11 is 0. The molecule has 5 nitrogen and oxygen atoms in total. The van der Waals surface area contributed by atoms with Gasteiger partial charge in [-0.05, 0) is 39.2 Å². The Morgan fingerprint density at radius 3 is 2.10 bits per heavy atom. The molecule has 0 radical (unpaired) electrons. The van der Waals surface area contributed by atoms with Gasteiger partial charge in [0.2, 0.25) is 0 Å². The van der Waals surface area contributed by atoms with E-state index in [2.05, 4.69) is 18.8 Å². The highest BCUT2D eigenvalue weighted by molar-refractivity contribution is 6.00. The van der Waals surface area contributed by atoms with Crippen LogP contribution in [-0.4, -0.2) is 39.5 Å². The number of hydrogen-bond donors (Lipinski definition) is 2. The summed E-state index contributed by atoms with van der Waals surface area (Å²) in [4.78, 5) is 28.4. The maximum atomic E-state index is 12.7. The lowest BCUT2D eigenvalue weighted by atomic mass is 10.1. The largest absolute Gasteiger partial charge is 0.477 e. The second-order valence-electron chi connectivity index (χ2n) is 5.88. The highest BCUT2D eigenvalue weighted by Gasteiger charge is 2.27. The van der Waals surface area contributed by atoms with E-state index in [9.17, 15) is 9.59 Å². The van der Waals surface area contributed by atoms with Gasteiger partial charge in [-0.25, -0.2) is 4.79 Å². The Balaban J connectivity index is 3.22. The number of aryl methyl sites for hydroxylation is 1. The van der Waals surface area contributed by atoms with E-state index in [1.165, 1.54) is 0 Å². The molecule has 0 saturated heterocycles. The quantitative estimate of drug-likeness (QED) is 0.871. The number of nitrogens with zero attached hydrogens (tertiary/aromatic N) is 1. The lowest BCUT2D eigenvalue weighted by Gasteiger charge is -2.29. The predicted octanol–water partition coefficient (Wildman–Crippen LogP) is 2.84. The highest BCUT2D eigenvalue weighted by Crippen LogP contribution is 2.21. The Hall–Kier alpha value is -1.78. The number of aromatic nitrogens is 1. The predicted molar refractivity (Wildman–Crippen MR) is 78.2 cm³/mol. The second-order valence-corrected chi connectivity index (χ2v) is 5.88. The Bertz CT molecular complexity index is 515. The monoisotopic (exact) mass is 280 g/mol. The third kappa shape index (κ3) is 3.21. The number of aromatic carboxylic acids is 1. The summed E-state index contributed by atoms with van der Waals surface area (Å²) in [6, 6.07) is 0.0758. The van der Waals surface area contributed by atoms with Gasteiger partial charge >= 0.3 is 5.97 Å². The van der Waals surface area contributed by atoms with Crippen LogP contribution in [0.3, 0.4) is 0 Å². The molecule has 0 spiro atoms. The van der Waals surface area contributed by atoms with Crippen molar-refractivity contribution in [1.29, 1.82) is 0 Å². The van der Waals surface area contributed by atoms with Crippen LogP contribution in [0.5, 0.6) is 0 Å². The first-order valence-electron chi connectivity index (χ1n) is 6.90. The molecule has 0 aromatic carbocycles. The van der Waals surface area contributed by atoms with E-state index in [1.54, 1.807) is 18.7 Å². The molecule has 0 aliphatic rings. The minimum atomic E-state index is -1.04. The Morgan fingerprint density at radius 1 is 1.20 bits per heavy atom. The molecule has 0 fully saturated rings. The van der Waals surface area contributed by atoms with Crippen molar-refractivity contribution in [3.05, 3.63) is 22.5 Å². The van der Waals surface area contributed by atoms with Crippen molar-refractivity contribution in [2.75, 3.05) is 6.54 Å². The van der Waals surface area contributed by atoms with Gasteiger partial charge < -0.3 is 15.0 Å². The molecule has 20 heavy (non-hydrogen) atoms. The number of H-pyrrole nitrogens is 1. The SMILES string of the molecule is Cc1[nH]c(C(=O)O)c(C)c1C(=O)N(CC(C)C)C(C)C. The van der Waals surface area contributed by atoms with Crippen molar-refractivity contribution in [2.45, 2.75) is 47.6 Å². The number of carbonyl (C=O) groups is 2. The topological polar surface area (TPSA) is 73.4 Å². The number of carboxylic acid groups (broad SMARTS) is 1. The summed E-state index contributed by atoms with van der Waals surface area (Å²) in [6.07, 6.45) is 0. The van der Waals surface area contributed by atoms with Crippen LogP contribution < -0.4 is 0 Å². The summed E-state index contributed by atoms with van der Waals surface area (Å²) in [6.45, 7) is 12.1. The first kappa shape index (κ1) is 16.3. The first-order valence-corrected chi connectivity index (χ1v) is 6.90. The molecule has 0 saturated carbocycles. The average Bonchev–Trinajstić information content (AvgIpc) is 2.60. The number of aromatic amines is 1. The zero-order chi connectivity index (χ0) is 15.6. The van der Waals surface area contributed by atoms with Crippen LogP contribution in [0.15, 0.2) is 0 Å². The van der Waals surface area contributed by atoms with E-state index >= 15 is 0 Å². The maximum Gasteiger partial charge on any atom is 0.352 e. The zero-order valence-electron chi connectivity index (χ0n) is 13.1. The fourth-order valence-corrected chi connectivity index (χ4v) is 2.35. The lowest BCUT2D eigenvalue weighted by molar-refractivity contribution is 0.0679. The van der Waals surface area contributed by atoms with Crippen molar-refractivity contribution < 1.29 is 14.7 Å². The fourth-order valence-electron chi connectivity index (χ4n) is 2.35. The molecule has 2 N–H and O–H groups in total. The van der Waals surface area contributed by atoms with Gasteiger partial charge in [-0.1, -0.05) is 13.8 Å². The number of amides is 1. The van der Waals surface area contributed by atoms with Crippen LogP contribution in [-0.2, 0) is 0 Å². The van der Waals surface area contributed by atoms with Crippen molar-refractivity contribution in [3.8, 4) is 0 Å². The summed E-state index contributed by atoms with van der Waals surface area (Å²) < 4.78 is 0. The van der Waals surface area contributed by atoms with Crippen LogP contribution in [0.4, 0.5) is 0 Å². The van der Waals surface area contributed by atoms with E-state index in [1.807, 2.05) is 13.8 Å². The van der Waals surface area contributed by atoms with Gasteiger partial charge in [0.15, 0.2) is 0 Å². The molecule has 1 heterocycles. The third-order valence-electron chi connectivity index (χ3n) is 3.31. The first-order chi connectivity index (χ1) is 9.16. The average molecular weight is 280 g/mol. The van der Waals surface area contributed by atoms with Gasteiger partial charge in [0, 0.05) is 18.3 Å². The van der Waals surface area contributed by atoms with Crippen molar-refractivity contribution >= 4 is 11.9 Å². The van der Waals surface area contributed by atoms with Crippen LogP contribution in [0.25, 0.3) is 0 Å². The minimum Gasteiger partial charge on any atom is -0.477 e. The molecule has 0 atom stereocenters. The van der Waals surface area contributed by atoms with Gasteiger partial charge in [-0.2, -0.15) is 0 Å². The summed E-state index contributed by atoms with van der Waals surface area (Å²) in [5.74, 6) is -0.781. The molecule has 1 rings (SSSR count). The molecule has 0 aliphatic heterocycles. The second kappa shape index (κ2) is 6.11. The van der Waals surface area contributed by atoms with E-state index < -0.39 is 5.97 Å². The number of hydrogen-bond acceptors (Lipinski definition) is 2. The van der Waals surface area contributed by atoms with Crippen LogP contribution >= 0.6 is 0 Å². The number of carboxylic acids is 1. The van der Waals surface area contributed by atoms with Crippen LogP contribution in [0.2, 0.25) is 0 Å². The molecule has 1 amide bonds. The van der Waals surface area contributed by atoms with Gasteiger partial charge in [0.05, 0.1) is 5.56 Å². The van der Waals surface area contributed by atoms with E-state index in [0.717, 1.165) is 0 Å².